The molecule has 1 aromatic carbocycles. The lowest BCUT2D eigenvalue weighted by Crippen LogP contribution is -2.70. The van der Waals surface area contributed by atoms with Gasteiger partial charge in [-0.1, -0.05) is 6.07 Å². The van der Waals surface area contributed by atoms with Crippen molar-refractivity contribution in [2.75, 3.05) is 26.2 Å². The molecule has 9 nitrogen and oxygen atoms in total. The molecule has 1 N–H and O–H groups in total. The van der Waals surface area contributed by atoms with E-state index in [0.29, 0.717) is 38.2 Å². The van der Waals surface area contributed by atoms with E-state index in [1.54, 1.807) is 18.3 Å². The number of aromatic nitrogens is 5. The molecule has 0 bridgehead atoms. The Balaban J connectivity index is 1.16. The Morgan fingerprint density at radius 1 is 1.22 bits per heavy atom. The van der Waals surface area contributed by atoms with Gasteiger partial charge in [0, 0.05) is 60.6 Å². The molecule has 0 unspecified atom stereocenters. The molecular formula is C27H27FN8O. The zero-order chi connectivity index (χ0) is 25.6. The van der Waals surface area contributed by atoms with Crippen molar-refractivity contribution in [1.29, 1.82) is 5.26 Å². The molecular weight excluding hydrogens is 471 g/mol. The Hall–Kier alpha value is -4.10. The van der Waals surface area contributed by atoms with Crippen LogP contribution in [0.15, 0.2) is 55.2 Å². The number of H-pyrrole nitrogens is 1. The molecule has 6 rings (SSSR count). The standard InChI is InChI=1S/C27H27FN8O/c1-26(7-11-34(12-8-26)25(37)19-3-2-4-21(28)13-19)35-16-27(17-35,6-9-29)36-15-20(14-33-36)23-22-5-10-30-24(22)32-18-31-23/h2-5,10,13-15,18H,6-8,11-12,16-17H2,1H3,(H,30,31,32). The van der Waals surface area contributed by atoms with Crippen LogP contribution in [-0.4, -0.2) is 72.2 Å². The smallest absolute Gasteiger partial charge is 0.253 e. The van der Waals surface area contributed by atoms with E-state index in [0.717, 1.165) is 35.1 Å². The number of amides is 1. The minimum absolute atomic E-state index is 0.0857. The lowest BCUT2D eigenvalue weighted by atomic mass is 9.78. The van der Waals surface area contributed by atoms with Crippen LogP contribution in [0.4, 0.5) is 4.39 Å². The maximum absolute atomic E-state index is 13.6. The van der Waals surface area contributed by atoms with E-state index >= 15 is 0 Å². The highest BCUT2D eigenvalue weighted by molar-refractivity contribution is 5.94. The summed E-state index contributed by atoms with van der Waals surface area (Å²) in [4.78, 5) is 28.9. The second-order valence-corrected chi connectivity index (χ2v) is 10.4. The first-order chi connectivity index (χ1) is 17.9. The zero-order valence-electron chi connectivity index (χ0n) is 20.6. The predicted octanol–water partition coefficient (Wildman–Crippen LogP) is 3.58. The number of carbonyl (C=O) groups excluding carboxylic acids is 1. The second-order valence-electron chi connectivity index (χ2n) is 10.4. The topological polar surface area (TPSA) is 107 Å². The van der Waals surface area contributed by atoms with Gasteiger partial charge in [0.05, 0.1) is 24.4 Å². The van der Waals surface area contributed by atoms with Crippen molar-refractivity contribution in [2.45, 2.75) is 37.3 Å². The fourth-order valence-corrected chi connectivity index (χ4v) is 5.65. The summed E-state index contributed by atoms with van der Waals surface area (Å²) in [7, 11) is 0. The summed E-state index contributed by atoms with van der Waals surface area (Å²) >= 11 is 0. The van der Waals surface area contributed by atoms with Gasteiger partial charge < -0.3 is 9.88 Å². The first-order valence-corrected chi connectivity index (χ1v) is 12.4. The third-order valence-corrected chi connectivity index (χ3v) is 8.04. The van der Waals surface area contributed by atoms with Crippen LogP contribution in [0.2, 0.25) is 0 Å². The van der Waals surface area contributed by atoms with Crippen molar-refractivity contribution in [3.8, 4) is 17.3 Å². The molecule has 2 aliphatic rings. The van der Waals surface area contributed by atoms with Gasteiger partial charge in [0.2, 0.25) is 0 Å². The number of rotatable bonds is 5. The summed E-state index contributed by atoms with van der Waals surface area (Å²) in [6.07, 6.45) is 9.13. The molecule has 4 aromatic rings. The van der Waals surface area contributed by atoms with Crippen molar-refractivity contribution < 1.29 is 9.18 Å². The minimum Gasteiger partial charge on any atom is -0.346 e. The van der Waals surface area contributed by atoms with E-state index in [4.69, 9.17) is 0 Å². The Bertz CT molecular complexity index is 1500. The van der Waals surface area contributed by atoms with E-state index in [2.05, 4.69) is 37.9 Å². The van der Waals surface area contributed by atoms with Crippen LogP contribution in [-0.2, 0) is 5.54 Å². The van der Waals surface area contributed by atoms with Crippen molar-refractivity contribution in [3.63, 3.8) is 0 Å². The molecule has 2 fully saturated rings. The summed E-state index contributed by atoms with van der Waals surface area (Å²) in [5, 5.41) is 15.2. The highest BCUT2D eigenvalue weighted by atomic mass is 19.1. The fourth-order valence-electron chi connectivity index (χ4n) is 5.65. The van der Waals surface area contributed by atoms with Gasteiger partial charge in [-0.25, -0.2) is 14.4 Å². The molecule has 2 saturated heterocycles. The number of benzene rings is 1. The first-order valence-electron chi connectivity index (χ1n) is 12.4. The average molecular weight is 499 g/mol. The fraction of sp³-hybridized carbons (Fsp3) is 0.370. The highest BCUT2D eigenvalue weighted by Gasteiger charge is 2.52. The quantitative estimate of drug-likeness (QED) is 0.451. The molecule has 10 heteroatoms. The molecule has 3 aromatic heterocycles. The summed E-state index contributed by atoms with van der Waals surface area (Å²) in [5.41, 5.74) is 2.36. The number of likely N-dealkylation sites (tertiary alicyclic amines) is 2. The largest absolute Gasteiger partial charge is 0.346 e. The SMILES string of the molecule is CC1(N2CC(CC#N)(n3cc(-c4ncnc5[nH]ccc45)cn3)C2)CCN(C(=O)c2cccc(F)c2)CC1. The van der Waals surface area contributed by atoms with E-state index < -0.39 is 11.4 Å². The normalized spacial score (nSPS) is 18.9. The van der Waals surface area contributed by atoms with Gasteiger partial charge >= 0.3 is 0 Å². The number of carbonyl (C=O) groups is 1. The number of nitrogens with one attached hydrogen (secondary N) is 1. The maximum Gasteiger partial charge on any atom is 0.253 e. The maximum atomic E-state index is 13.6. The van der Waals surface area contributed by atoms with E-state index in [1.807, 2.05) is 28.0 Å². The Kier molecular flexibility index (Phi) is 5.53. The first kappa shape index (κ1) is 23.3. The van der Waals surface area contributed by atoms with E-state index in [9.17, 15) is 14.4 Å². The summed E-state index contributed by atoms with van der Waals surface area (Å²) in [6.45, 7) is 4.86. The van der Waals surface area contributed by atoms with Crippen molar-refractivity contribution in [3.05, 3.63) is 66.6 Å². The summed E-state index contributed by atoms with van der Waals surface area (Å²) in [5.74, 6) is -0.532. The molecule has 0 aliphatic carbocycles. The van der Waals surface area contributed by atoms with Crippen molar-refractivity contribution in [2.24, 2.45) is 0 Å². The van der Waals surface area contributed by atoms with Gasteiger partial charge in [-0.05, 0) is 44.0 Å². The molecule has 37 heavy (non-hydrogen) atoms. The number of nitriles is 1. The number of hydrogen-bond donors (Lipinski definition) is 1. The van der Waals surface area contributed by atoms with Crippen LogP contribution in [0.3, 0.4) is 0 Å². The second kappa shape index (κ2) is 8.78. The molecule has 2 aliphatic heterocycles. The van der Waals surface area contributed by atoms with Gasteiger partial charge in [0.1, 0.15) is 23.3 Å². The molecule has 0 saturated carbocycles. The molecule has 5 heterocycles. The third kappa shape index (κ3) is 3.96. The van der Waals surface area contributed by atoms with Gasteiger partial charge in [-0.15, -0.1) is 0 Å². The lowest BCUT2D eigenvalue weighted by Gasteiger charge is -2.58. The molecule has 0 atom stereocenters. The monoisotopic (exact) mass is 498 g/mol. The highest BCUT2D eigenvalue weighted by Crippen LogP contribution is 2.41. The van der Waals surface area contributed by atoms with Crippen LogP contribution in [0.1, 0.15) is 36.5 Å². The number of aromatic amines is 1. The van der Waals surface area contributed by atoms with Gasteiger partial charge in [0.25, 0.3) is 5.91 Å². The number of piperidine rings is 1. The molecule has 0 radical (unpaired) electrons. The van der Waals surface area contributed by atoms with Gasteiger partial charge in [-0.2, -0.15) is 10.4 Å². The summed E-state index contributed by atoms with van der Waals surface area (Å²) in [6, 6.07) is 10.2. The third-order valence-electron chi connectivity index (χ3n) is 8.04. The lowest BCUT2D eigenvalue weighted by molar-refractivity contribution is -0.0854. The average Bonchev–Trinajstić information content (AvgIpc) is 3.56. The van der Waals surface area contributed by atoms with Crippen LogP contribution < -0.4 is 0 Å². The minimum atomic E-state index is -0.408. The Labute approximate surface area is 213 Å². The number of fused-ring (bicyclic) bond motifs is 1. The summed E-state index contributed by atoms with van der Waals surface area (Å²) < 4.78 is 15.5. The molecule has 188 valence electrons. The van der Waals surface area contributed by atoms with E-state index in [1.165, 1.54) is 18.5 Å². The number of halogens is 1. The van der Waals surface area contributed by atoms with Crippen molar-refractivity contribution >= 4 is 16.9 Å². The van der Waals surface area contributed by atoms with Crippen LogP contribution >= 0.6 is 0 Å². The van der Waals surface area contributed by atoms with Crippen molar-refractivity contribution in [1.82, 2.24) is 34.5 Å². The zero-order valence-corrected chi connectivity index (χ0v) is 20.6. The van der Waals surface area contributed by atoms with Crippen LogP contribution in [0.5, 0.6) is 0 Å². The Morgan fingerprint density at radius 3 is 2.78 bits per heavy atom. The van der Waals surface area contributed by atoms with Crippen LogP contribution in [0, 0.1) is 17.1 Å². The van der Waals surface area contributed by atoms with Gasteiger partial charge in [0.15, 0.2) is 0 Å². The van der Waals surface area contributed by atoms with Gasteiger partial charge in [-0.3, -0.25) is 14.4 Å². The number of hydrogen-bond acceptors (Lipinski definition) is 6. The Morgan fingerprint density at radius 2 is 2.03 bits per heavy atom. The van der Waals surface area contributed by atoms with E-state index in [-0.39, 0.29) is 11.4 Å². The molecule has 1 amide bonds. The van der Waals surface area contributed by atoms with Crippen LogP contribution in [0.25, 0.3) is 22.3 Å². The number of nitrogens with zero attached hydrogens (tertiary/aromatic N) is 7. The predicted molar refractivity (Wildman–Crippen MR) is 135 cm³/mol. The molecule has 0 spiro atoms.